The van der Waals surface area contributed by atoms with Gasteiger partial charge in [0.05, 0.1) is 30.4 Å². The molecular weight excluding hydrogens is 531 g/mol. The predicted molar refractivity (Wildman–Crippen MR) is 133 cm³/mol. The number of piperidine rings is 1. The lowest BCUT2D eigenvalue weighted by Gasteiger charge is -2.31. The second-order valence-corrected chi connectivity index (χ2v) is 8.95. The van der Waals surface area contributed by atoms with Crippen molar-refractivity contribution in [3.8, 4) is 5.75 Å². The van der Waals surface area contributed by atoms with E-state index in [0.717, 1.165) is 11.0 Å². The Morgan fingerprint density at radius 2 is 1.97 bits per heavy atom. The van der Waals surface area contributed by atoms with Gasteiger partial charge >= 0.3 is 12.3 Å². The van der Waals surface area contributed by atoms with E-state index in [9.17, 15) is 18.0 Å². The van der Waals surface area contributed by atoms with Gasteiger partial charge in [-0.15, -0.1) is 0 Å². The molecule has 0 radical (unpaired) electrons. The van der Waals surface area contributed by atoms with Crippen LogP contribution in [0.3, 0.4) is 0 Å². The molecule has 14 heteroatoms. The molecule has 4 rings (SSSR count). The first-order valence-corrected chi connectivity index (χ1v) is 12.3. The molecule has 2 N–H and O–H groups in total. The Kier molecular flexibility index (Phi) is 9.13. The second kappa shape index (κ2) is 12.5. The first-order valence-electron chi connectivity index (χ1n) is 11.9. The minimum atomic E-state index is -4.56. The van der Waals surface area contributed by atoms with Crippen molar-refractivity contribution in [3.05, 3.63) is 41.8 Å². The number of aromatic nitrogens is 3. The van der Waals surface area contributed by atoms with Crippen molar-refractivity contribution in [1.82, 2.24) is 19.4 Å². The number of aliphatic hydroxyl groups is 1. The Balaban J connectivity index is 1.34. The highest BCUT2D eigenvalue weighted by atomic mass is 35.5. The van der Waals surface area contributed by atoms with E-state index in [2.05, 4.69) is 20.0 Å². The maximum atomic E-state index is 12.3. The van der Waals surface area contributed by atoms with Crippen molar-refractivity contribution in [2.24, 2.45) is 0 Å². The molecule has 1 aromatic carbocycles. The Bertz CT molecular complexity index is 1230. The molecular formula is C24H27ClF3N5O5. The fourth-order valence-electron chi connectivity index (χ4n) is 4.02. The first-order chi connectivity index (χ1) is 18.2. The zero-order valence-electron chi connectivity index (χ0n) is 20.3. The van der Waals surface area contributed by atoms with Gasteiger partial charge in [-0.25, -0.2) is 14.8 Å². The normalized spacial score (nSPS) is 14.6. The number of benzene rings is 1. The summed E-state index contributed by atoms with van der Waals surface area (Å²) in [6.45, 7) is 0.0230. The Morgan fingerprint density at radius 1 is 1.18 bits per heavy atom. The fourth-order valence-corrected chi connectivity index (χ4v) is 4.25. The molecule has 3 heterocycles. The number of likely N-dealkylation sites (tertiary alicyclic amines) is 1. The van der Waals surface area contributed by atoms with Gasteiger partial charge in [0.2, 0.25) is 0 Å². The number of halogens is 4. The number of nitrogens with one attached hydrogen (secondary N) is 1. The second-order valence-electron chi connectivity index (χ2n) is 8.55. The average Bonchev–Trinajstić information content (AvgIpc) is 3.31. The molecule has 38 heavy (non-hydrogen) atoms. The van der Waals surface area contributed by atoms with E-state index in [4.69, 9.17) is 26.2 Å². The zero-order chi connectivity index (χ0) is 27.1. The third-order valence-corrected chi connectivity index (χ3v) is 6.11. The van der Waals surface area contributed by atoms with E-state index in [-0.39, 0.29) is 32.4 Å². The molecule has 206 valence electrons. The van der Waals surface area contributed by atoms with E-state index in [1.165, 1.54) is 11.2 Å². The van der Waals surface area contributed by atoms with Crippen LogP contribution < -0.4 is 10.1 Å². The number of alkyl halides is 3. The number of amides is 1. The summed E-state index contributed by atoms with van der Waals surface area (Å²) in [4.78, 5) is 21.7. The minimum Gasteiger partial charge on any atom is -0.489 e. The van der Waals surface area contributed by atoms with Crippen molar-refractivity contribution in [1.29, 1.82) is 0 Å². The highest BCUT2D eigenvalue weighted by Gasteiger charge is 2.32. The quantitative estimate of drug-likeness (QED) is 0.353. The number of aliphatic hydroxyl groups excluding tert-OH is 1. The van der Waals surface area contributed by atoms with Gasteiger partial charge in [0.25, 0.3) is 0 Å². The number of carbonyl (C=O) groups is 1. The molecule has 0 aliphatic carbocycles. The molecule has 2 aromatic heterocycles. The van der Waals surface area contributed by atoms with Crippen LogP contribution in [0, 0.1) is 0 Å². The van der Waals surface area contributed by atoms with Crippen molar-refractivity contribution < 1.29 is 37.3 Å². The van der Waals surface area contributed by atoms with Gasteiger partial charge in [-0.2, -0.15) is 13.2 Å². The Morgan fingerprint density at radius 3 is 2.68 bits per heavy atom. The molecule has 1 aliphatic heterocycles. The molecule has 0 unspecified atom stereocenters. The topological polar surface area (TPSA) is 111 Å². The number of nitrogens with zero attached hydrogens (tertiary/aromatic N) is 4. The van der Waals surface area contributed by atoms with Crippen LogP contribution in [0.15, 0.2) is 36.8 Å². The molecule has 1 aliphatic rings. The summed E-state index contributed by atoms with van der Waals surface area (Å²) < 4.78 is 54.4. The van der Waals surface area contributed by atoms with Gasteiger partial charge in [0.1, 0.15) is 23.7 Å². The molecule has 3 aromatic rings. The van der Waals surface area contributed by atoms with Crippen molar-refractivity contribution in [3.63, 3.8) is 0 Å². The summed E-state index contributed by atoms with van der Waals surface area (Å²) in [5.74, 6) is 1.03. The number of carbonyl (C=O) groups excluding carboxylic acids is 1. The van der Waals surface area contributed by atoms with Crippen molar-refractivity contribution >= 4 is 40.2 Å². The summed E-state index contributed by atoms with van der Waals surface area (Å²) in [5.41, 5.74) is 2.22. The van der Waals surface area contributed by atoms with Crippen molar-refractivity contribution in [2.75, 3.05) is 44.8 Å². The molecule has 0 atom stereocenters. The smallest absolute Gasteiger partial charge is 0.422 e. The molecule has 10 nitrogen and oxygen atoms in total. The molecule has 1 saturated heterocycles. The van der Waals surface area contributed by atoms with Gasteiger partial charge in [0.15, 0.2) is 12.4 Å². The number of rotatable bonds is 10. The number of fused-ring (bicyclic) bond motifs is 1. The van der Waals surface area contributed by atoms with Crippen LogP contribution in [0.1, 0.15) is 12.8 Å². The Hall–Kier alpha value is -3.29. The largest absolute Gasteiger partial charge is 0.489 e. The summed E-state index contributed by atoms with van der Waals surface area (Å²) in [7, 11) is 0. The van der Waals surface area contributed by atoms with Crippen LogP contribution in [-0.2, 0) is 16.0 Å². The van der Waals surface area contributed by atoms with Crippen LogP contribution in [0.4, 0.5) is 29.5 Å². The number of hydrogen-bond acceptors (Lipinski definition) is 8. The average molecular weight is 558 g/mol. The monoisotopic (exact) mass is 557 g/mol. The van der Waals surface area contributed by atoms with Gasteiger partial charge in [0, 0.05) is 44.4 Å². The fraction of sp³-hybridized carbons (Fsp3) is 0.458. The molecule has 1 fully saturated rings. The summed E-state index contributed by atoms with van der Waals surface area (Å²) in [6, 6.07) is 7.08. The van der Waals surface area contributed by atoms with Gasteiger partial charge in [-0.3, -0.25) is 0 Å². The van der Waals surface area contributed by atoms with Crippen LogP contribution >= 0.6 is 11.6 Å². The predicted octanol–water partition coefficient (Wildman–Crippen LogP) is 4.38. The molecule has 0 bridgehead atoms. The standard InChI is InChI=1S/C24H27ClF3N5O5/c25-18-13-16(31-22-21-19(29-15-30-22)5-8-32(21)9-11-36-12-10-34)1-2-20(18)38-17-3-6-33(7-4-17)23(35)37-14-24(26,27)28/h1-2,5,8,13,15,17,34H,3-4,6-7,9-12,14H2,(H,29,30,31). The van der Waals surface area contributed by atoms with Gasteiger partial charge in [-0.1, -0.05) is 11.6 Å². The van der Waals surface area contributed by atoms with Crippen LogP contribution in [0.25, 0.3) is 11.0 Å². The van der Waals surface area contributed by atoms with E-state index in [1.807, 2.05) is 16.8 Å². The first kappa shape index (κ1) is 27.7. The number of ether oxygens (including phenoxy) is 3. The molecule has 1 amide bonds. The van der Waals surface area contributed by atoms with Gasteiger partial charge < -0.3 is 34.1 Å². The maximum absolute atomic E-state index is 12.3. The molecule has 0 saturated carbocycles. The lowest BCUT2D eigenvalue weighted by Crippen LogP contribution is -2.42. The highest BCUT2D eigenvalue weighted by molar-refractivity contribution is 6.32. The van der Waals surface area contributed by atoms with Crippen LogP contribution in [0.5, 0.6) is 5.75 Å². The van der Waals surface area contributed by atoms with Crippen LogP contribution in [0.2, 0.25) is 5.02 Å². The van der Waals surface area contributed by atoms with E-state index >= 15 is 0 Å². The van der Waals surface area contributed by atoms with Gasteiger partial charge in [-0.05, 0) is 24.3 Å². The third-order valence-electron chi connectivity index (χ3n) is 5.81. The SMILES string of the molecule is O=C(OCC(F)(F)F)N1CCC(Oc2ccc(Nc3ncnc4ccn(CCOCCO)c34)cc2Cl)CC1. The van der Waals surface area contributed by atoms with Crippen LogP contribution in [-0.4, -0.2) is 82.4 Å². The maximum Gasteiger partial charge on any atom is 0.422 e. The van der Waals surface area contributed by atoms with E-state index in [1.54, 1.807) is 18.2 Å². The highest BCUT2D eigenvalue weighted by Crippen LogP contribution is 2.32. The lowest BCUT2D eigenvalue weighted by molar-refractivity contribution is -0.162. The van der Waals surface area contributed by atoms with E-state index < -0.39 is 18.9 Å². The third kappa shape index (κ3) is 7.39. The van der Waals surface area contributed by atoms with E-state index in [0.29, 0.717) is 48.3 Å². The number of anilines is 2. The summed E-state index contributed by atoms with van der Waals surface area (Å²) in [5, 5.41) is 12.5. The lowest BCUT2D eigenvalue weighted by atomic mass is 10.1. The molecule has 0 spiro atoms. The van der Waals surface area contributed by atoms with Crippen molar-refractivity contribution in [2.45, 2.75) is 31.7 Å². The number of hydrogen-bond donors (Lipinski definition) is 2. The summed E-state index contributed by atoms with van der Waals surface area (Å²) in [6.07, 6.45) is -1.61. The minimum absolute atomic E-state index is 0.0397. The zero-order valence-corrected chi connectivity index (χ0v) is 21.0. The Labute approximate surface area is 221 Å². The summed E-state index contributed by atoms with van der Waals surface area (Å²) >= 11 is 6.47.